The number of hydrogen-bond donors (Lipinski definition) is 1. The van der Waals surface area contributed by atoms with Gasteiger partial charge < -0.3 is 15.1 Å². The predicted molar refractivity (Wildman–Crippen MR) is 112 cm³/mol. The van der Waals surface area contributed by atoms with Crippen molar-refractivity contribution in [1.29, 1.82) is 0 Å². The largest absolute Gasteiger partial charge is 0.354 e. The minimum absolute atomic E-state index is 0.0270. The SMILES string of the molecule is CC(CN1CCN(c2ccccn2)CC1)NC(=O)CN(C)C(=O)c1cccs1. The van der Waals surface area contributed by atoms with Crippen LogP contribution in [0.1, 0.15) is 16.6 Å². The van der Waals surface area contributed by atoms with Crippen molar-refractivity contribution < 1.29 is 9.59 Å². The van der Waals surface area contributed by atoms with Crippen molar-refractivity contribution in [2.45, 2.75) is 13.0 Å². The molecule has 0 aromatic carbocycles. The van der Waals surface area contributed by atoms with E-state index in [0.29, 0.717) is 4.88 Å². The van der Waals surface area contributed by atoms with Crippen LogP contribution in [0.25, 0.3) is 0 Å². The normalized spacial score (nSPS) is 15.9. The van der Waals surface area contributed by atoms with Crippen LogP contribution in [0.5, 0.6) is 0 Å². The minimum atomic E-state index is -0.132. The zero-order valence-corrected chi connectivity index (χ0v) is 17.2. The summed E-state index contributed by atoms with van der Waals surface area (Å²) in [5.74, 6) is 0.762. The second-order valence-electron chi connectivity index (χ2n) is 7.08. The second kappa shape index (κ2) is 9.66. The summed E-state index contributed by atoms with van der Waals surface area (Å²) in [6.45, 7) is 6.59. The van der Waals surface area contributed by atoms with Crippen LogP contribution in [0.4, 0.5) is 5.82 Å². The molecule has 1 aliphatic rings. The fraction of sp³-hybridized carbons (Fsp3) is 0.450. The molecule has 3 heterocycles. The quantitative estimate of drug-likeness (QED) is 0.762. The topological polar surface area (TPSA) is 68.8 Å². The Hall–Kier alpha value is -2.45. The van der Waals surface area contributed by atoms with Gasteiger partial charge in [0.25, 0.3) is 5.91 Å². The number of carbonyl (C=O) groups is 2. The first-order chi connectivity index (χ1) is 13.5. The number of nitrogens with one attached hydrogen (secondary N) is 1. The zero-order valence-electron chi connectivity index (χ0n) is 16.4. The van der Waals surface area contributed by atoms with Gasteiger partial charge in [-0.3, -0.25) is 14.5 Å². The van der Waals surface area contributed by atoms with Crippen molar-refractivity contribution in [3.63, 3.8) is 0 Å². The number of carbonyl (C=O) groups excluding carboxylic acids is 2. The van der Waals surface area contributed by atoms with Crippen LogP contribution in [0.2, 0.25) is 0 Å². The Morgan fingerprint density at radius 3 is 2.64 bits per heavy atom. The number of hydrogen-bond acceptors (Lipinski definition) is 6. The molecule has 0 aliphatic carbocycles. The molecule has 1 atom stereocenters. The highest BCUT2D eigenvalue weighted by atomic mass is 32.1. The maximum absolute atomic E-state index is 12.3. The molecule has 0 radical (unpaired) electrons. The lowest BCUT2D eigenvalue weighted by Gasteiger charge is -2.36. The van der Waals surface area contributed by atoms with Gasteiger partial charge in [-0.1, -0.05) is 12.1 Å². The highest BCUT2D eigenvalue weighted by Gasteiger charge is 2.21. The van der Waals surface area contributed by atoms with Gasteiger partial charge in [-0.25, -0.2) is 4.98 Å². The average molecular weight is 402 g/mol. The fourth-order valence-electron chi connectivity index (χ4n) is 3.33. The molecule has 1 aliphatic heterocycles. The van der Waals surface area contributed by atoms with Crippen molar-refractivity contribution in [2.75, 3.05) is 51.2 Å². The summed E-state index contributed by atoms with van der Waals surface area (Å²) in [4.78, 5) is 35.7. The van der Waals surface area contributed by atoms with Crippen LogP contribution in [-0.2, 0) is 4.79 Å². The minimum Gasteiger partial charge on any atom is -0.354 e. The predicted octanol–water partition coefficient (Wildman–Crippen LogP) is 1.54. The lowest BCUT2D eigenvalue weighted by Crippen LogP contribution is -2.52. The van der Waals surface area contributed by atoms with Crippen LogP contribution in [0, 0.1) is 0 Å². The number of rotatable bonds is 7. The Kier molecular flexibility index (Phi) is 7.00. The Balaban J connectivity index is 1.39. The maximum atomic E-state index is 12.3. The van der Waals surface area contributed by atoms with Crippen LogP contribution in [0.15, 0.2) is 41.9 Å². The first-order valence-electron chi connectivity index (χ1n) is 9.49. The van der Waals surface area contributed by atoms with E-state index in [-0.39, 0.29) is 24.4 Å². The van der Waals surface area contributed by atoms with E-state index in [0.717, 1.165) is 38.5 Å². The zero-order chi connectivity index (χ0) is 19.9. The summed E-state index contributed by atoms with van der Waals surface area (Å²) in [5, 5.41) is 4.86. The molecule has 8 heteroatoms. The van der Waals surface area contributed by atoms with Gasteiger partial charge in [0.2, 0.25) is 5.91 Å². The van der Waals surface area contributed by atoms with E-state index in [1.807, 2.05) is 42.8 Å². The van der Waals surface area contributed by atoms with Gasteiger partial charge in [0.1, 0.15) is 5.82 Å². The summed E-state index contributed by atoms with van der Waals surface area (Å²) in [5.41, 5.74) is 0. The molecule has 3 rings (SSSR count). The number of amides is 2. The first-order valence-corrected chi connectivity index (χ1v) is 10.4. The third-order valence-electron chi connectivity index (χ3n) is 4.74. The van der Waals surface area contributed by atoms with Gasteiger partial charge >= 0.3 is 0 Å². The molecule has 2 aromatic heterocycles. The maximum Gasteiger partial charge on any atom is 0.264 e. The monoisotopic (exact) mass is 401 g/mol. The third-order valence-corrected chi connectivity index (χ3v) is 5.60. The van der Waals surface area contributed by atoms with E-state index in [1.54, 1.807) is 13.1 Å². The van der Waals surface area contributed by atoms with E-state index in [2.05, 4.69) is 20.1 Å². The van der Waals surface area contributed by atoms with Gasteiger partial charge in [0.15, 0.2) is 0 Å². The van der Waals surface area contributed by atoms with Gasteiger partial charge in [-0.05, 0) is 30.5 Å². The lowest BCUT2D eigenvalue weighted by molar-refractivity contribution is -0.122. The van der Waals surface area contributed by atoms with Crippen molar-refractivity contribution in [2.24, 2.45) is 0 Å². The summed E-state index contributed by atoms with van der Waals surface area (Å²) in [6.07, 6.45) is 1.82. The number of anilines is 1. The number of piperazine rings is 1. The molecular formula is C20H27N5O2S. The molecule has 0 saturated carbocycles. The number of nitrogens with zero attached hydrogens (tertiary/aromatic N) is 4. The molecule has 150 valence electrons. The Labute approximate surface area is 170 Å². The molecule has 2 amide bonds. The highest BCUT2D eigenvalue weighted by molar-refractivity contribution is 7.12. The molecule has 0 spiro atoms. The Bertz CT molecular complexity index is 760. The molecule has 0 bridgehead atoms. The van der Waals surface area contributed by atoms with E-state index in [4.69, 9.17) is 0 Å². The van der Waals surface area contributed by atoms with E-state index >= 15 is 0 Å². The Morgan fingerprint density at radius 1 is 1.21 bits per heavy atom. The molecule has 7 nitrogen and oxygen atoms in total. The van der Waals surface area contributed by atoms with Crippen molar-refractivity contribution >= 4 is 29.0 Å². The Morgan fingerprint density at radius 2 is 2.00 bits per heavy atom. The number of pyridine rings is 1. The van der Waals surface area contributed by atoms with E-state index in [1.165, 1.54) is 16.2 Å². The van der Waals surface area contributed by atoms with Gasteiger partial charge in [0.05, 0.1) is 11.4 Å². The lowest BCUT2D eigenvalue weighted by atomic mass is 10.2. The summed E-state index contributed by atoms with van der Waals surface area (Å²) in [6, 6.07) is 9.60. The second-order valence-corrected chi connectivity index (χ2v) is 8.03. The standard InChI is InChI=1S/C20H27N5O2S/c1-16(22-19(26)15-23(2)20(27)17-6-5-13-28-17)14-24-9-11-25(12-10-24)18-7-3-4-8-21-18/h3-8,13,16H,9-12,14-15H2,1-2H3,(H,22,26). The van der Waals surface area contributed by atoms with Crippen LogP contribution >= 0.6 is 11.3 Å². The molecule has 1 fully saturated rings. The van der Waals surface area contributed by atoms with Crippen LogP contribution < -0.4 is 10.2 Å². The molecule has 28 heavy (non-hydrogen) atoms. The number of aromatic nitrogens is 1. The molecule has 1 unspecified atom stereocenters. The first kappa shape index (κ1) is 20.3. The number of likely N-dealkylation sites (N-methyl/N-ethyl adjacent to an activating group) is 1. The average Bonchev–Trinajstić information content (AvgIpc) is 3.23. The van der Waals surface area contributed by atoms with Gasteiger partial charge in [-0.15, -0.1) is 11.3 Å². The van der Waals surface area contributed by atoms with Gasteiger partial charge in [-0.2, -0.15) is 0 Å². The molecular weight excluding hydrogens is 374 g/mol. The summed E-state index contributed by atoms with van der Waals surface area (Å²) >= 11 is 1.38. The molecule has 1 saturated heterocycles. The van der Waals surface area contributed by atoms with Gasteiger partial charge in [0, 0.05) is 52.0 Å². The van der Waals surface area contributed by atoms with Crippen LogP contribution in [-0.4, -0.2) is 79.0 Å². The third kappa shape index (κ3) is 5.53. The summed E-state index contributed by atoms with van der Waals surface area (Å²) in [7, 11) is 1.66. The van der Waals surface area contributed by atoms with Crippen molar-refractivity contribution in [3.8, 4) is 0 Å². The van der Waals surface area contributed by atoms with Crippen LogP contribution in [0.3, 0.4) is 0 Å². The van der Waals surface area contributed by atoms with E-state index in [9.17, 15) is 9.59 Å². The highest BCUT2D eigenvalue weighted by Crippen LogP contribution is 2.13. The summed E-state index contributed by atoms with van der Waals surface area (Å²) < 4.78 is 0. The fourth-order valence-corrected chi connectivity index (χ4v) is 4.05. The van der Waals surface area contributed by atoms with Crippen molar-refractivity contribution in [1.82, 2.24) is 20.1 Å². The number of thiophene rings is 1. The van der Waals surface area contributed by atoms with E-state index < -0.39 is 0 Å². The molecule has 1 N–H and O–H groups in total. The molecule has 2 aromatic rings. The van der Waals surface area contributed by atoms with Crippen molar-refractivity contribution in [3.05, 3.63) is 46.8 Å². The smallest absolute Gasteiger partial charge is 0.264 e.